The van der Waals surface area contributed by atoms with Gasteiger partial charge in [0.25, 0.3) is 5.91 Å². The van der Waals surface area contributed by atoms with Crippen molar-refractivity contribution in [2.45, 2.75) is 69.6 Å². The summed E-state index contributed by atoms with van der Waals surface area (Å²) in [6.45, 7) is -0.100. The third-order valence-corrected chi connectivity index (χ3v) is 6.66. The second kappa shape index (κ2) is 11.0. The van der Waals surface area contributed by atoms with E-state index in [4.69, 9.17) is 21.1 Å². The Kier molecular flexibility index (Phi) is 7.88. The number of nitrogens with one attached hydrogen (secondary N) is 2. The number of halogens is 2. The van der Waals surface area contributed by atoms with Crippen LogP contribution in [0.3, 0.4) is 0 Å². The summed E-state index contributed by atoms with van der Waals surface area (Å²) in [5.74, 6) is -0.375. The van der Waals surface area contributed by atoms with Gasteiger partial charge in [-0.15, -0.1) is 0 Å². The molecule has 1 aromatic carbocycles. The molecule has 0 bridgehead atoms. The van der Waals surface area contributed by atoms with Crippen molar-refractivity contribution >= 4 is 23.4 Å². The average Bonchev–Trinajstić information content (AvgIpc) is 2.81. The number of hydrogen-bond acceptors (Lipinski definition) is 5. The van der Waals surface area contributed by atoms with E-state index < -0.39 is 17.3 Å². The molecule has 4 rings (SSSR count). The first kappa shape index (κ1) is 24.3. The van der Waals surface area contributed by atoms with Gasteiger partial charge in [0.15, 0.2) is 6.61 Å². The molecule has 2 fully saturated rings. The Bertz CT molecular complexity index is 1020. The van der Waals surface area contributed by atoms with Gasteiger partial charge in [-0.25, -0.2) is 4.39 Å². The number of ether oxygens (including phenoxy) is 2. The van der Waals surface area contributed by atoms with Crippen LogP contribution in [-0.2, 0) is 16.1 Å². The van der Waals surface area contributed by atoms with E-state index >= 15 is 0 Å². The van der Waals surface area contributed by atoms with Crippen LogP contribution in [0.25, 0.3) is 0 Å². The summed E-state index contributed by atoms with van der Waals surface area (Å²) in [6, 6.07) is 7.62. The smallest absolute Gasteiger partial charge is 0.258 e. The molecule has 2 aliphatic rings. The highest BCUT2D eigenvalue weighted by Gasteiger charge is 2.40. The van der Waals surface area contributed by atoms with E-state index in [0.717, 1.165) is 43.9 Å². The molecule has 2 aromatic rings. The van der Waals surface area contributed by atoms with Crippen LogP contribution >= 0.6 is 11.6 Å². The van der Waals surface area contributed by atoms with E-state index in [9.17, 15) is 14.0 Å². The number of nitrogens with zero attached hydrogens (tertiary/aromatic N) is 1. The molecule has 2 saturated carbocycles. The number of pyridine rings is 1. The fourth-order valence-electron chi connectivity index (χ4n) is 4.23. The highest BCUT2D eigenvalue weighted by molar-refractivity contribution is 6.30. The number of carbonyl (C=O) groups excluding carboxylic acids is 2. The molecule has 2 amide bonds. The van der Waals surface area contributed by atoms with Crippen molar-refractivity contribution in [3.05, 3.63) is 53.1 Å². The van der Waals surface area contributed by atoms with Gasteiger partial charge in [-0.1, -0.05) is 30.9 Å². The van der Waals surface area contributed by atoms with E-state index in [1.807, 2.05) is 12.1 Å². The van der Waals surface area contributed by atoms with Crippen LogP contribution in [-0.4, -0.2) is 35.0 Å². The molecule has 0 radical (unpaired) electrons. The van der Waals surface area contributed by atoms with Gasteiger partial charge in [0.1, 0.15) is 22.9 Å². The number of rotatable bonds is 9. The third kappa shape index (κ3) is 6.17. The number of benzene rings is 1. The van der Waals surface area contributed by atoms with Gasteiger partial charge in [0.05, 0.1) is 23.4 Å². The van der Waals surface area contributed by atoms with Crippen LogP contribution in [0.1, 0.15) is 57.1 Å². The Balaban J connectivity index is 1.34. The molecule has 34 heavy (non-hydrogen) atoms. The molecular formula is C25H29ClFN3O4. The lowest BCUT2D eigenvalue weighted by atomic mass is 9.80. The second-order valence-corrected chi connectivity index (χ2v) is 9.30. The van der Waals surface area contributed by atoms with Gasteiger partial charge in [-0.3, -0.25) is 14.6 Å². The second-order valence-electron chi connectivity index (χ2n) is 8.89. The Morgan fingerprint density at radius 2 is 1.88 bits per heavy atom. The van der Waals surface area contributed by atoms with Crippen molar-refractivity contribution in [2.24, 2.45) is 0 Å². The summed E-state index contributed by atoms with van der Waals surface area (Å²) in [6.07, 6.45) is 9.00. The Morgan fingerprint density at radius 3 is 2.59 bits per heavy atom. The minimum atomic E-state index is -1.01. The van der Waals surface area contributed by atoms with E-state index in [0.29, 0.717) is 18.5 Å². The molecule has 9 heteroatoms. The summed E-state index contributed by atoms with van der Waals surface area (Å²) in [5, 5.41) is 5.79. The molecule has 7 nitrogen and oxygen atoms in total. The van der Waals surface area contributed by atoms with Gasteiger partial charge in [-0.05, 0) is 50.3 Å². The van der Waals surface area contributed by atoms with E-state index in [2.05, 4.69) is 15.6 Å². The lowest BCUT2D eigenvalue weighted by molar-refractivity contribution is -0.136. The lowest BCUT2D eigenvalue weighted by Crippen LogP contribution is -2.60. The van der Waals surface area contributed by atoms with E-state index in [1.54, 1.807) is 6.20 Å². The lowest BCUT2D eigenvalue weighted by Gasteiger charge is -2.36. The maximum absolute atomic E-state index is 13.6. The summed E-state index contributed by atoms with van der Waals surface area (Å²) < 4.78 is 24.9. The van der Waals surface area contributed by atoms with E-state index in [1.165, 1.54) is 18.6 Å². The maximum atomic E-state index is 13.6. The molecule has 182 valence electrons. The molecule has 0 unspecified atom stereocenters. The monoisotopic (exact) mass is 489 g/mol. The molecule has 1 heterocycles. The molecule has 0 atom stereocenters. The Hall–Kier alpha value is -2.87. The van der Waals surface area contributed by atoms with Crippen molar-refractivity contribution < 1.29 is 23.5 Å². The van der Waals surface area contributed by atoms with Crippen LogP contribution < -0.4 is 20.1 Å². The Morgan fingerprint density at radius 1 is 1.09 bits per heavy atom. The molecule has 2 aliphatic carbocycles. The number of aromatic nitrogens is 1. The quantitative estimate of drug-likeness (QED) is 0.547. The minimum Gasteiger partial charge on any atom is -0.490 e. The normalized spacial score (nSPS) is 17.4. The fraction of sp³-hybridized carbons (Fsp3) is 0.480. The summed E-state index contributed by atoms with van der Waals surface area (Å²) in [4.78, 5) is 30.2. The van der Waals surface area contributed by atoms with Crippen molar-refractivity contribution in [1.29, 1.82) is 0 Å². The van der Waals surface area contributed by atoms with Gasteiger partial charge in [-0.2, -0.15) is 0 Å². The topological polar surface area (TPSA) is 89.5 Å². The van der Waals surface area contributed by atoms with Crippen molar-refractivity contribution in [1.82, 2.24) is 15.6 Å². The number of hydrogen-bond donors (Lipinski definition) is 2. The fourth-order valence-corrected chi connectivity index (χ4v) is 4.35. The zero-order chi connectivity index (χ0) is 24.0. The third-order valence-electron chi connectivity index (χ3n) is 6.35. The molecule has 0 saturated heterocycles. The maximum Gasteiger partial charge on any atom is 0.258 e. The first-order valence-corrected chi connectivity index (χ1v) is 12.1. The van der Waals surface area contributed by atoms with Crippen molar-refractivity contribution in [3.8, 4) is 11.5 Å². The zero-order valence-corrected chi connectivity index (χ0v) is 19.7. The standard InChI is InChI=1S/C25H29ClFN3O4/c26-21-8-7-19(14-22(21)27)33-16-23(31)30-25(10-2-1-3-11-25)24(32)29-15-17-13-20(9-12-28-17)34-18-5-4-6-18/h7-9,12-14,18H,1-6,10-11,15-16H2,(H,29,32)(H,30,31). The Labute approximate surface area is 203 Å². The minimum absolute atomic E-state index is 0.0238. The zero-order valence-electron chi connectivity index (χ0n) is 18.9. The predicted molar refractivity (Wildman–Crippen MR) is 125 cm³/mol. The van der Waals surface area contributed by atoms with Crippen molar-refractivity contribution in [2.75, 3.05) is 6.61 Å². The first-order valence-electron chi connectivity index (χ1n) is 11.7. The molecule has 2 N–H and O–H groups in total. The highest BCUT2D eigenvalue weighted by Crippen LogP contribution is 2.29. The first-order chi connectivity index (χ1) is 16.4. The molecule has 0 aliphatic heterocycles. The summed E-state index contributed by atoms with van der Waals surface area (Å²) >= 11 is 5.67. The van der Waals surface area contributed by atoms with Crippen LogP contribution in [0.5, 0.6) is 11.5 Å². The highest BCUT2D eigenvalue weighted by atomic mass is 35.5. The van der Waals surface area contributed by atoms with Crippen molar-refractivity contribution in [3.63, 3.8) is 0 Å². The van der Waals surface area contributed by atoms with E-state index in [-0.39, 0.29) is 35.9 Å². The largest absolute Gasteiger partial charge is 0.490 e. The van der Waals surface area contributed by atoms with Gasteiger partial charge >= 0.3 is 0 Å². The van der Waals surface area contributed by atoms with Gasteiger partial charge < -0.3 is 20.1 Å². The van der Waals surface area contributed by atoms with Gasteiger partial charge in [0.2, 0.25) is 5.91 Å². The summed E-state index contributed by atoms with van der Waals surface area (Å²) in [5.41, 5.74) is -0.320. The van der Waals surface area contributed by atoms with Crippen LogP contribution in [0, 0.1) is 5.82 Å². The van der Waals surface area contributed by atoms with Crippen LogP contribution in [0.4, 0.5) is 4.39 Å². The molecule has 1 aromatic heterocycles. The predicted octanol–water partition coefficient (Wildman–Crippen LogP) is 4.32. The van der Waals surface area contributed by atoms with Gasteiger partial charge in [0, 0.05) is 18.3 Å². The number of carbonyl (C=O) groups is 2. The SMILES string of the molecule is O=C(COc1ccc(Cl)c(F)c1)NC1(C(=O)NCc2cc(OC3CCC3)ccn2)CCCCC1. The molecular weight excluding hydrogens is 461 g/mol. The summed E-state index contributed by atoms with van der Waals surface area (Å²) in [7, 11) is 0. The average molecular weight is 490 g/mol. The molecule has 0 spiro atoms. The van der Waals surface area contributed by atoms with Crippen LogP contribution in [0.15, 0.2) is 36.5 Å². The van der Waals surface area contributed by atoms with Crippen LogP contribution in [0.2, 0.25) is 5.02 Å². The number of amides is 2.